The molecule has 2 aromatic carbocycles. The van der Waals surface area contributed by atoms with E-state index in [-0.39, 0.29) is 48.7 Å². The molecule has 1 aliphatic heterocycles. The summed E-state index contributed by atoms with van der Waals surface area (Å²) in [6, 6.07) is 16.4. The number of carbonyl (C=O) groups excluding carboxylic acids is 5. The Bertz CT molecular complexity index is 1390. The maximum absolute atomic E-state index is 14.0. The summed E-state index contributed by atoms with van der Waals surface area (Å²) in [7, 11) is 3.55. The van der Waals surface area contributed by atoms with Gasteiger partial charge < -0.3 is 25.6 Å². The molecule has 10 nitrogen and oxygen atoms in total. The Morgan fingerprint density at radius 3 is 1.82 bits per heavy atom. The molecule has 3 N–H and O–H groups in total. The summed E-state index contributed by atoms with van der Waals surface area (Å²) in [5.41, 5.74) is 1.03. The average molecular weight is 677 g/mol. The SMILES string of the molecule is CC(C)C[C@H](CC(=O)[C@H](Cc1ccccc1)NC(=O)[C@H](CC(C)C)NC(=O)[C@H](CCc1ccccc1)NC(=O)CN(C)C)C(=O)[C@@]1(C)CO1. The Kier molecular flexibility index (Phi) is 15.1. The summed E-state index contributed by atoms with van der Waals surface area (Å²) >= 11 is 0. The fraction of sp³-hybridized carbons (Fsp3) is 0.564. The van der Waals surface area contributed by atoms with E-state index in [0.717, 1.165) is 11.1 Å². The van der Waals surface area contributed by atoms with Gasteiger partial charge in [0.15, 0.2) is 11.6 Å². The second kappa shape index (κ2) is 18.8. The molecule has 0 radical (unpaired) electrons. The van der Waals surface area contributed by atoms with Crippen LogP contribution >= 0.6 is 0 Å². The molecule has 3 rings (SSSR count). The number of hydrogen-bond donors (Lipinski definition) is 3. The molecule has 10 heteroatoms. The van der Waals surface area contributed by atoms with Gasteiger partial charge in [0.1, 0.15) is 17.7 Å². The number of ether oxygens (including phenoxy) is 1. The van der Waals surface area contributed by atoms with E-state index in [2.05, 4.69) is 16.0 Å². The van der Waals surface area contributed by atoms with E-state index >= 15 is 0 Å². The molecule has 1 aliphatic rings. The molecular formula is C39H56N4O6. The molecule has 0 unspecified atom stereocenters. The Labute approximate surface area is 292 Å². The lowest BCUT2D eigenvalue weighted by atomic mass is 9.82. The number of aryl methyl sites for hydroxylation is 1. The van der Waals surface area contributed by atoms with Crippen LogP contribution in [0.3, 0.4) is 0 Å². The van der Waals surface area contributed by atoms with Crippen LogP contribution in [0.1, 0.15) is 71.4 Å². The van der Waals surface area contributed by atoms with Gasteiger partial charge in [0.2, 0.25) is 17.7 Å². The third-order valence-corrected chi connectivity index (χ3v) is 8.68. The van der Waals surface area contributed by atoms with Crippen LogP contribution in [0.25, 0.3) is 0 Å². The number of ketones is 2. The zero-order valence-corrected chi connectivity index (χ0v) is 30.3. The van der Waals surface area contributed by atoms with Crippen molar-refractivity contribution >= 4 is 29.3 Å². The summed E-state index contributed by atoms with van der Waals surface area (Å²) < 4.78 is 5.43. The molecule has 0 bridgehead atoms. The highest BCUT2D eigenvalue weighted by molar-refractivity contribution is 5.98. The summed E-state index contributed by atoms with van der Waals surface area (Å²) in [5, 5.41) is 8.71. The number of rotatable bonds is 21. The molecule has 3 amide bonds. The summed E-state index contributed by atoms with van der Waals surface area (Å²) in [6.45, 7) is 10.1. The van der Waals surface area contributed by atoms with E-state index in [4.69, 9.17) is 4.74 Å². The van der Waals surface area contributed by atoms with E-state index < -0.39 is 41.5 Å². The van der Waals surface area contributed by atoms with Gasteiger partial charge in [0, 0.05) is 12.3 Å². The van der Waals surface area contributed by atoms with E-state index in [9.17, 15) is 24.0 Å². The molecular weight excluding hydrogens is 620 g/mol. The topological polar surface area (TPSA) is 137 Å². The Hall–Kier alpha value is -3.89. The van der Waals surface area contributed by atoms with Crippen LogP contribution < -0.4 is 16.0 Å². The molecule has 0 aliphatic carbocycles. The third-order valence-electron chi connectivity index (χ3n) is 8.68. The minimum absolute atomic E-state index is 0.0194. The number of benzene rings is 2. The van der Waals surface area contributed by atoms with Crippen molar-refractivity contribution in [1.82, 2.24) is 20.9 Å². The first-order valence-corrected chi connectivity index (χ1v) is 17.5. The Morgan fingerprint density at radius 1 is 0.755 bits per heavy atom. The molecule has 0 spiro atoms. The van der Waals surface area contributed by atoms with Gasteiger partial charge in [0.05, 0.1) is 19.2 Å². The smallest absolute Gasteiger partial charge is 0.243 e. The molecule has 0 saturated carbocycles. The number of carbonyl (C=O) groups is 5. The van der Waals surface area contributed by atoms with Crippen LogP contribution in [0.15, 0.2) is 60.7 Å². The lowest BCUT2D eigenvalue weighted by molar-refractivity contribution is -0.135. The summed E-state index contributed by atoms with van der Waals surface area (Å²) in [6.07, 6.45) is 1.97. The number of Topliss-reactive ketones (excluding diaryl/α,β-unsaturated/α-hetero) is 2. The van der Waals surface area contributed by atoms with Gasteiger partial charge in [-0.25, -0.2) is 0 Å². The predicted octanol–water partition coefficient (Wildman–Crippen LogP) is 3.90. The van der Waals surface area contributed by atoms with Crippen LogP contribution in [-0.2, 0) is 41.6 Å². The number of epoxide rings is 1. The molecule has 49 heavy (non-hydrogen) atoms. The van der Waals surface area contributed by atoms with E-state index in [1.165, 1.54) is 0 Å². The van der Waals surface area contributed by atoms with Gasteiger partial charge in [0.25, 0.3) is 0 Å². The number of likely N-dealkylation sites (N-methyl/N-ethyl adjacent to an activating group) is 1. The summed E-state index contributed by atoms with van der Waals surface area (Å²) in [4.78, 5) is 69.6. The molecule has 2 aromatic rings. The van der Waals surface area contributed by atoms with Gasteiger partial charge in [-0.2, -0.15) is 0 Å². The minimum Gasteiger partial charge on any atom is -0.362 e. The quantitative estimate of drug-likeness (QED) is 0.171. The van der Waals surface area contributed by atoms with Gasteiger partial charge >= 0.3 is 0 Å². The van der Waals surface area contributed by atoms with Crippen molar-refractivity contribution in [3.63, 3.8) is 0 Å². The highest BCUT2D eigenvalue weighted by Gasteiger charge is 2.50. The largest absolute Gasteiger partial charge is 0.362 e. The number of nitrogens with zero attached hydrogens (tertiary/aromatic N) is 1. The molecule has 1 heterocycles. The maximum Gasteiger partial charge on any atom is 0.243 e. The number of hydrogen-bond acceptors (Lipinski definition) is 7. The van der Waals surface area contributed by atoms with Crippen LogP contribution in [-0.4, -0.2) is 85.2 Å². The van der Waals surface area contributed by atoms with Gasteiger partial charge in [-0.15, -0.1) is 0 Å². The van der Waals surface area contributed by atoms with E-state index in [1.54, 1.807) is 25.9 Å². The average Bonchev–Trinajstić information content (AvgIpc) is 3.79. The lowest BCUT2D eigenvalue weighted by Crippen LogP contribution is -2.57. The van der Waals surface area contributed by atoms with Crippen molar-refractivity contribution in [2.24, 2.45) is 17.8 Å². The Morgan fingerprint density at radius 2 is 1.29 bits per heavy atom. The molecule has 1 fully saturated rings. The van der Waals surface area contributed by atoms with Gasteiger partial charge in [-0.3, -0.25) is 24.0 Å². The first-order valence-electron chi connectivity index (χ1n) is 17.5. The number of amides is 3. The highest BCUT2D eigenvalue weighted by Crippen LogP contribution is 2.34. The van der Waals surface area contributed by atoms with Crippen molar-refractivity contribution in [1.29, 1.82) is 0 Å². The fourth-order valence-corrected chi connectivity index (χ4v) is 6.01. The van der Waals surface area contributed by atoms with Crippen molar-refractivity contribution < 1.29 is 28.7 Å². The van der Waals surface area contributed by atoms with Crippen LogP contribution in [0, 0.1) is 17.8 Å². The standard InChI is InChI=1S/C39H56N4O6/c1-26(2)20-30(36(46)39(5)25-49-39)23-34(44)32(22-29-16-12-9-13-17-29)41-38(48)33(21-27(3)4)42-37(47)31(40-35(45)24-43(6)7)19-18-28-14-10-8-11-15-28/h8-17,26-27,30-33H,18-25H2,1-7H3,(H,40,45)(H,41,48)(H,42,47)/t30-,31+,32+,33+,39-/m1/s1. The van der Waals surface area contributed by atoms with Crippen molar-refractivity contribution in [3.05, 3.63) is 71.8 Å². The normalized spacial score (nSPS) is 18.0. The van der Waals surface area contributed by atoms with Crippen LogP contribution in [0.5, 0.6) is 0 Å². The zero-order valence-electron chi connectivity index (χ0n) is 30.3. The van der Waals surface area contributed by atoms with Crippen LogP contribution in [0.4, 0.5) is 0 Å². The summed E-state index contributed by atoms with van der Waals surface area (Å²) in [5.74, 6) is -1.88. The maximum atomic E-state index is 14.0. The Balaban J connectivity index is 1.82. The lowest BCUT2D eigenvalue weighted by Gasteiger charge is -2.27. The fourth-order valence-electron chi connectivity index (χ4n) is 6.01. The zero-order chi connectivity index (χ0) is 36.1. The van der Waals surface area contributed by atoms with E-state index in [1.807, 2.05) is 88.4 Å². The van der Waals surface area contributed by atoms with Crippen molar-refractivity contribution in [3.8, 4) is 0 Å². The van der Waals surface area contributed by atoms with Crippen LogP contribution in [0.2, 0.25) is 0 Å². The molecule has 0 aromatic heterocycles. The minimum atomic E-state index is -0.949. The first kappa shape index (κ1) is 39.5. The molecule has 268 valence electrons. The van der Waals surface area contributed by atoms with E-state index in [0.29, 0.717) is 32.3 Å². The molecule has 5 atom stereocenters. The monoisotopic (exact) mass is 676 g/mol. The van der Waals surface area contributed by atoms with Gasteiger partial charge in [-0.05, 0) is 76.1 Å². The molecule has 1 saturated heterocycles. The van der Waals surface area contributed by atoms with Crippen molar-refractivity contribution in [2.45, 2.75) is 96.9 Å². The predicted molar refractivity (Wildman–Crippen MR) is 191 cm³/mol. The second-order valence-electron chi connectivity index (χ2n) is 14.7. The van der Waals surface area contributed by atoms with Crippen molar-refractivity contribution in [2.75, 3.05) is 27.2 Å². The number of nitrogens with one attached hydrogen (secondary N) is 3. The third kappa shape index (κ3) is 13.5. The second-order valence-corrected chi connectivity index (χ2v) is 14.7. The van der Waals surface area contributed by atoms with Gasteiger partial charge in [-0.1, -0.05) is 88.4 Å². The first-order chi connectivity index (χ1) is 23.2. The highest BCUT2D eigenvalue weighted by atomic mass is 16.6.